The maximum Gasteiger partial charge on any atom is 0.260 e. The van der Waals surface area contributed by atoms with Crippen LogP contribution in [0.3, 0.4) is 0 Å². The lowest BCUT2D eigenvalue weighted by Crippen LogP contribution is -2.11. The molecule has 0 amide bonds. The normalized spacial score (nSPS) is 19.2. The van der Waals surface area contributed by atoms with Crippen LogP contribution in [0.5, 0.6) is 11.5 Å². The fourth-order valence-electron chi connectivity index (χ4n) is 3.13. The number of ether oxygens (including phenoxy) is 2. The number of hydrogen-bond donors (Lipinski definition) is 1. The van der Waals surface area contributed by atoms with Gasteiger partial charge in [-0.15, -0.1) is 0 Å². The summed E-state index contributed by atoms with van der Waals surface area (Å²) in [7, 11) is 3.25. The number of rotatable bonds is 4. The summed E-state index contributed by atoms with van der Waals surface area (Å²) in [6.07, 6.45) is 4.15. The van der Waals surface area contributed by atoms with Gasteiger partial charge in [0.1, 0.15) is 5.82 Å². The van der Waals surface area contributed by atoms with Crippen molar-refractivity contribution in [3.8, 4) is 11.5 Å². The van der Waals surface area contributed by atoms with Crippen molar-refractivity contribution in [2.75, 3.05) is 14.2 Å². The summed E-state index contributed by atoms with van der Waals surface area (Å²) < 4.78 is 10.6. The van der Waals surface area contributed by atoms with Gasteiger partial charge in [0, 0.05) is 18.3 Å². The number of methoxy groups -OCH3 is 2. The Kier molecular flexibility index (Phi) is 3.45. The maximum atomic E-state index is 12.2. The van der Waals surface area contributed by atoms with Gasteiger partial charge in [-0.05, 0) is 36.1 Å². The van der Waals surface area contributed by atoms with Gasteiger partial charge in [-0.2, -0.15) is 0 Å². The topological polar surface area (TPSA) is 77.1 Å². The van der Waals surface area contributed by atoms with Gasteiger partial charge in [0.05, 0.1) is 25.1 Å². The quantitative estimate of drug-likeness (QED) is 0.798. The van der Waals surface area contributed by atoms with Gasteiger partial charge in [-0.1, -0.05) is 6.07 Å². The average molecular weight is 323 g/mol. The van der Waals surface area contributed by atoms with Gasteiger partial charge >= 0.3 is 0 Å². The molecule has 0 saturated heterocycles. The minimum Gasteiger partial charge on any atom is -0.493 e. The van der Waals surface area contributed by atoms with Crippen molar-refractivity contribution in [2.24, 2.45) is 0 Å². The molecule has 24 heavy (non-hydrogen) atoms. The maximum absolute atomic E-state index is 12.2. The summed E-state index contributed by atoms with van der Waals surface area (Å²) in [5.74, 6) is 2.70. The summed E-state index contributed by atoms with van der Waals surface area (Å²) in [6, 6.07) is 7.70. The molecular formula is C18H17N3O3. The van der Waals surface area contributed by atoms with Crippen LogP contribution in [-0.4, -0.2) is 29.2 Å². The van der Waals surface area contributed by atoms with E-state index in [0.29, 0.717) is 28.3 Å². The lowest BCUT2D eigenvalue weighted by atomic mass is 10.1. The van der Waals surface area contributed by atoms with Crippen LogP contribution in [0.1, 0.15) is 29.6 Å². The average Bonchev–Trinajstić information content (AvgIpc) is 3.42. The Morgan fingerprint density at radius 2 is 1.96 bits per heavy atom. The Labute approximate surface area is 138 Å². The van der Waals surface area contributed by atoms with Crippen LogP contribution in [0.4, 0.5) is 0 Å². The van der Waals surface area contributed by atoms with E-state index in [4.69, 9.17) is 9.47 Å². The zero-order valence-corrected chi connectivity index (χ0v) is 13.4. The number of aromatic amines is 1. The predicted molar refractivity (Wildman–Crippen MR) is 89.8 cm³/mol. The molecule has 122 valence electrons. The molecular weight excluding hydrogens is 306 g/mol. The molecule has 6 nitrogen and oxygen atoms in total. The Hall–Kier alpha value is -2.89. The van der Waals surface area contributed by atoms with E-state index in [1.165, 1.54) is 0 Å². The van der Waals surface area contributed by atoms with Crippen molar-refractivity contribution in [3.05, 3.63) is 58.4 Å². The van der Waals surface area contributed by atoms with Crippen molar-refractivity contribution in [2.45, 2.75) is 18.3 Å². The van der Waals surface area contributed by atoms with Gasteiger partial charge in [0.15, 0.2) is 11.5 Å². The number of benzene rings is 1. The van der Waals surface area contributed by atoms with Crippen LogP contribution in [-0.2, 0) is 0 Å². The molecule has 3 aromatic rings. The summed E-state index contributed by atoms with van der Waals surface area (Å²) in [5.41, 5.74) is 1.71. The number of hydrogen-bond acceptors (Lipinski definition) is 5. The molecule has 1 saturated carbocycles. The van der Waals surface area contributed by atoms with E-state index in [1.54, 1.807) is 32.7 Å². The lowest BCUT2D eigenvalue weighted by Gasteiger charge is -2.09. The van der Waals surface area contributed by atoms with Crippen molar-refractivity contribution in [3.63, 3.8) is 0 Å². The predicted octanol–water partition coefficient (Wildman–Crippen LogP) is 2.61. The van der Waals surface area contributed by atoms with E-state index in [1.807, 2.05) is 18.2 Å². The number of nitrogens with zero attached hydrogens (tertiary/aromatic N) is 2. The molecule has 1 fully saturated rings. The van der Waals surface area contributed by atoms with E-state index in [-0.39, 0.29) is 11.5 Å². The summed E-state index contributed by atoms with van der Waals surface area (Å²) >= 11 is 0. The van der Waals surface area contributed by atoms with Crippen LogP contribution >= 0.6 is 0 Å². The number of nitrogens with one attached hydrogen (secondary N) is 1. The number of pyridine rings is 1. The molecule has 1 aliphatic carbocycles. The number of fused-ring (bicyclic) bond motifs is 1. The number of H-pyrrole nitrogens is 1. The highest BCUT2D eigenvalue weighted by molar-refractivity contribution is 5.76. The van der Waals surface area contributed by atoms with Crippen LogP contribution in [0.2, 0.25) is 0 Å². The van der Waals surface area contributed by atoms with E-state index < -0.39 is 0 Å². The van der Waals surface area contributed by atoms with Gasteiger partial charge in [0.2, 0.25) is 0 Å². The third kappa shape index (κ3) is 2.40. The standard InChI is InChI=1S/C18H17N3O3/c1-23-15-4-3-10(7-16(15)24-2)11-8-12(11)17-20-14-5-6-19-9-13(14)18(22)21-17/h3-7,9,11-12H,8H2,1-2H3,(H,20,21,22). The van der Waals surface area contributed by atoms with Gasteiger partial charge < -0.3 is 14.5 Å². The Morgan fingerprint density at radius 1 is 1.12 bits per heavy atom. The van der Waals surface area contributed by atoms with E-state index in [2.05, 4.69) is 15.0 Å². The SMILES string of the molecule is COc1ccc(C2CC2c2nc3ccncc3c(=O)[nH]2)cc1OC. The summed E-state index contributed by atoms with van der Waals surface area (Å²) in [6.45, 7) is 0. The monoisotopic (exact) mass is 323 g/mol. The fourth-order valence-corrected chi connectivity index (χ4v) is 3.13. The highest BCUT2D eigenvalue weighted by Crippen LogP contribution is 2.54. The second-order valence-electron chi connectivity index (χ2n) is 5.91. The lowest BCUT2D eigenvalue weighted by molar-refractivity contribution is 0.354. The van der Waals surface area contributed by atoms with Gasteiger partial charge in [-0.3, -0.25) is 9.78 Å². The van der Waals surface area contributed by atoms with Gasteiger partial charge in [0.25, 0.3) is 5.56 Å². The van der Waals surface area contributed by atoms with Crippen molar-refractivity contribution < 1.29 is 9.47 Å². The fraction of sp³-hybridized carbons (Fsp3) is 0.278. The molecule has 1 aromatic carbocycles. The van der Waals surface area contributed by atoms with Crippen LogP contribution < -0.4 is 15.0 Å². The van der Waals surface area contributed by atoms with Crippen LogP contribution in [0.15, 0.2) is 41.5 Å². The largest absolute Gasteiger partial charge is 0.493 e. The van der Waals surface area contributed by atoms with E-state index in [9.17, 15) is 4.79 Å². The minimum atomic E-state index is -0.138. The Morgan fingerprint density at radius 3 is 2.75 bits per heavy atom. The molecule has 0 radical (unpaired) electrons. The highest BCUT2D eigenvalue weighted by Gasteiger charge is 2.42. The molecule has 6 heteroatoms. The highest BCUT2D eigenvalue weighted by atomic mass is 16.5. The Bertz CT molecular complexity index is 967. The van der Waals surface area contributed by atoms with Gasteiger partial charge in [-0.25, -0.2) is 4.98 Å². The molecule has 0 bridgehead atoms. The van der Waals surface area contributed by atoms with Crippen LogP contribution in [0, 0.1) is 0 Å². The first-order chi connectivity index (χ1) is 11.7. The first-order valence-electron chi connectivity index (χ1n) is 7.77. The molecule has 2 heterocycles. The van der Waals surface area contributed by atoms with Crippen LogP contribution in [0.25, 0.3) is 10.9 Å². The zero-order chi connectivity index (χ0) is 16.7. The first-order valence-corrected chi connectivity index (χ1v) is 7.77. The molecule has 2 unspecified atom stereocenters. The second kappa shape index (κ2) is 5.63. The van der Waals surface area contributed by atoms with Crippen molar-refractivity contribution >= 4 is 10.9 Å². The Balaban J connectivity index is 1.66. The molecule has 4 rings (SSSR count). The molecule has 0 spiro atoms. The minimum absolute atomic E-state index is 0.138. The van der Waals surface area contributed by atoms with E-state index >= 15 is 0 Å². The molecule has 1 aliphatic rings. The molecule has 0 aliphatic heterocycles. The summed E-state index contributed by atoms with van der Waals surface area (Å²) in [5, 5.41) is 0.518. The van der Waals surface area contributed by atoms with E-state index in [0.717, 1.165) is 17.8 Å². The zero-order valence-electron chi connectivity index (χ0n) is 13.4. The third-order valence-corrected chi connectivity index (χ3v) is 4.50. The van der Waals surface area contributed by atoms with Crippen molar-refractivity contribution in [1.82, 2.24) is 15.0 Å². The molecule has 1 N–H and O–H groups in total. The third-order valence-electron chi connectivity index (χ3n) is 4.50. The molecule has 2 atom stereocenters. The number of aromatic nitrogens is 3. The molecule has 2 aromatic heterocycles. The summed E-state index contributed by atoms with van der Waals surface area (Å²) in [4.78, 5) is 23.7. The smallest absolute Gasteiger partial charge is 0.260 e. The van der Waals surface area contributed by atoms with Crippen molar-refractivity contribution in [1.29, 1.82) is 0 Å². The second-order valence-corrected chi connectivity index (χ2v) is 5.91. The first kappa shape index (κ1) is 14.7.